The first kappa shape index (κ1) is 5.42. The Kier molecular flexibility index (Phi) is 1.57. The predicted molar refractivity (Wildman–Crippen MR) is 35.9 cm³/mol. The quantitative estimate of drug-likeness (QED) is 0.520. The van der Waals surface area contributed by atoms with Crippen molar-refractivity contribution in [2.45, 2.75) is 11.9 Å². The van der Waals surface area contributed by atoms with Crippen LogP contribution in [0.5, 0.6) is 0 Å². The molecule has 0 spiro atoms. The van der Waals surface area contributed by atoms with E-state index in [1.165, 1.54) is 0 Å². The first-order valence-electron chi connectivity index (χ1n) is 2.65. The van der Waals surface area contributed by atoms with Gasteiger partial charge in [-0.25, -0.2) is 0 Å². The van der Waals surface area contributed by atoms with E-state index in [9.17, 15) is 0 Å². The molecule has 1 rings (SSSR count). The summed E-state index contributed by atoms with van der Waals surface area (Å²) in [6.45, 7) is 2.25. The Balaban J connectivity index is 2.69. The SMILES string of the molecule is C[C]1=CC=[CH][SnH]1[CH3]. The second kappa shape index (κ2) is 2.03. The monoisotopic (exact) mass is 202 g/mol. The molecule has 1 atom stereocenters. The van der Waals surface area contributed by atoms with E-state index in [-0.39, 0.29) is 0 Å². The molecule has 0 saturated heterocycles. The molecule has 0 aromatic carbocycles. The molecule has 0 fully saturated rings. The zero-order valence-electron chi connectivity index (χ0n) is 4.81. The van der Waals surface area contributed by atoms with Crippen LogP contribution in [0.1, 0.15) is 6.92 Å². The van der Waals surface area contributed by atoms with Crippen LogP contribution >= 0.6 is 0 Å². The Morgan fingerprint density at radius 1 is 1.57 bits per heavy atom. The minimum atomic E-state index is -1.06. The second-order valence-corrected chi connectivity index (χ2v) is 10.3. The third kappa shape index (κ3) is 1.09. The average Bonchev–Trinajstić information content (AvgIpc) is 1.91. The standard InChI is InChI=1S/C5H6.CH3.Sn.H/c1-3-5-4-2;;;/h1,3,5H,2H3;1H3;;. The predicted octanol–water partition coefficient (Wildman–Crippen LogP) is 1.44. The zero-order valence-corrected chi connectivity index (χ0v) is 8.11. The number of allylic oxidation sites excluding steroid dienone is 3. The molecule has 0 bridgehead atoms. The van der Waals surface area contributed by atoms with Gasteiger partial charge in [0.15, 0.2) is 0 Å². The van der Waals surface area contributed by atoms with Crippen LogP contribution in [0, 0.1) is 0 Å². The molecule has 1 aliphatic rings. The molecule has 38 valence electrons. The molecule has 0 N–H and O–H groups in total. The molecule has 0 nitrogen and oxygen atoms in total. The van der Waals surface area contributed by atoms with Crippen LogP contribution in [0.15, 0.2) is 19.8 Å². The third-order valence-electron chi connectivity index (χ3n) is 1.48. The van der Waals surface area contributed by atoms with Gasteiger partial charge in [-0.3, -0.25) is 0 Å². The van der Waals surface area contributed by atoms with Crippen LogP contribution in [0.3, 0.4) is 0 Å². The summed E-state index contributed by atoms with van der Waals surface area (Å²) in [5.74, 6) is 0. The van der Waals surface area contributed by atoms with Crippen molar-refractivity contribution in [3.8, 4) is 0 Å². The van der Waals surface area contributed by atoms with Crippen LogP contribution in [-0.4, -0.2) is 19.8 Å². The van der Waals surface area contributed by atoms with Crippen LogP contribution in [-0.2, 0) is 0 Å². The normalized spacial score (nSPS) is 28.3. The fourth-order valence-corrected chi connectivity index (χ4v) is 4.00. The molecule has 0 radical (unpaired) electrons. The van der Waals surface area contributed by atoms with Gasteiger partial charge >= 0.3 is 51.5 Å². The summed E-state index contributed by atoms with van der Waals surface area (Å²) in [5.41, 5.74) is 0. The van der Waals surface area contributed by atoms with Gasteiger partial charge in [0.05, 0.1) is 0 Å². The van der Waals surface area contributed by atoms with Crippen LogP contribution < -0.4 is 0 Å². The summed E-state index contributed by atoms with van der Waals surface area (Å²) in [5, 5.41) is 0. The fourth-order valence-electron chi connectivity index (χ4n) is 0.678. The number of hydrogen-bond acceptors (Lipinski definition) is 0. The van der Waals surface area contributed by atoms with Gasteiger partial charge in [0.25, 0.3) is 0 Å². The van der Waals surface area contributed by atoms with Gasteiger partial charge in [-0.1, -0.05) is 0 Å². The Labute approximate surface area is 51.7 Å². The molecule has 1 heterocycles. The van der Waals surface area contributed by atoms with Gasteiger partial charge in [0, 0.05) is 0 Å². The molecule has 1 aliphatic heterocycles. The molecule has 0 aromatic rings. The van der Waals surface area contributed by atoms with Gasteiger partial charge in [-0.15, -0.1) is 0 Å². The fraction of sp³-hybridized carbons (Fsp3) is 0.333. The zero-order chi connectivity index (χ0) is 5.28. The van der Waals surface area contributed by atoms with Crippen LogP contribution in [0.2, 0.25) is 4.94 Å². The van der Waals surface area contributed by atoms with Crippen molar-refractivity contribution >= 4 is 19.8 Å². The summed E-state index contributed by atoms with van der Waals surface area (Å²) < 4.78 is 4.10. The summed E-state index contributed by atoms with van der Waals surface area (Å²) in [6, 6.07) is 0. The van der Waals surface area contributed by atoms with Crippen molar-refractivity contribution in [3.05, 3.63) is 19.8 Å². The molecule has 0 aromatic heterocycles. The van der Waals surface area contributed by atoms with Gasteiger partial charge < -0.3 is 0 Å². The van der Waals surface area contributed by atoms with Crippen LogP contribution in [0.4, 0.5) is 0 Å². The van der Waals surface area contributed by atoms with Crippen molar-refractivity contribution in [2.75, 3.05) is 0 Å². The van der Waals surface area contributed by atoms with Crippen molar-refractivity contribution < 1.29 is 0 Å². The van der Waals surface area contributed by atoms with Gasteiger partial charge in [-0.2, -0.15) is 0 Å². The topological polar surface area (TPSA) is 0 Å². The van der Waals surface area contributed by atoms with Gasteiger partial charge in [0.1, 0.15) is 0 Å². The van der Waals surface area contributed by atoms with E-state index in [0.717, 1.165) is 0 Å². The summed E-state index contributed by atoms with van der Waals surface area (Å²) in [7, 11) is 0. The Bertz CT molecular complexity index is 122. The number of rotatable bonds is 0. The Hall–Kier alpha value is 0.279. The summed E-state index contributed by atoms with van der Waals surface area (Å²) >= 11 is -1.06. The van der Waals surface area contributed by atoms with E-state index < -0.39 is 19.8 Å². The summed E-state index contributed by atoms with van der Waals surface area (Å²) in [4.78, 5) is 2.41. The maximum absolute atomic E-state index is 2.41. The molecule has 0 amide bonds. The third-order valence-corrected chi connectivity index (χ3v) is 8.41. The van der Waals surface area contributed by atoms with E-state index in [1.807, 2.05) is 0 Å². The first-order chi connectivity index (χ1) is 3.30. The molecule has 1 unspecified atom stereocenters. The van der Waals surface area contributed by atoms with Crippen molar-refractivity contribution in [1.29, 1.82) is 0 Å². The number of hydrogen-bond donors (Lipinski definition) is 0. The molecular weight excluding hydrogens is 191 g/mol. The van der Waals surface area contributed by atoms with Crippen molar-refractivity contribution in [1.82, 2.24) is 0 Å². The van der Waals surface area contributed by atoms with Gasteiger partial charge in [0.2, 0.25) is 0 Å². The van der Waals surface area contributed by atoms with E-state index in [2.05, 4.69) is 28.1 Å². The van der Waals surface area contributed by atoms with E-state index in [1.54, 1.807) is 3.59 Å². The second-order valence-electron chi connectivity index (χ2n) is 2.08. The minimum absolute atomic E-state index is 1.06. The van der Waals surface area contributed by atoms with Crippen molar-refractivity contribution in [3.63, 3.8) is 0 Å². The van der Waals surface area contributed by atoms with Crippen molar-refractivity contribution in [2.24, 2.45) is 0 Å². The Morgan fingerprint density at radius 3 is 2.43 bits per heavy atom. The van der Waals surface area contributed by atoms with E-state index in [0.29, 0.717) is 0 Å². The van der Waals surface area contributed by atoms with E-state index >= 15 is 0 Å². The van der Waals surface area contributed by atoms with E-state index in [4.69, 9.17) is 0 Å². The first-order valence-corrected chi connectivity index (χ1v) is 9.50. The average molecular weight is 201 g/mol. The molecule has 0 aliphatic carbocycles. The van der Waals surface area contributed by atoms with Gasteiger partial charge in [-0.05, 0) is 0 Å². The molecule has 1 heteroatoms. The molecule has 0 saturated carbocycles. The van der Waals surface area contributed by atoms with Crippen LogP contribution in [0.25, 0.3) is 0 Å². The molecular formula is C6H10Sn. The molecule has 7 heavy (non-hydrogen) atoms. The maximum atomic E-state index is 2.41. The summed E-state index contributed by atoms with van der Waals surface area (Å²) in [6.07, 6.45) is 4.46. The Morgan fingerprint density at radius 2 is 2.29 bits per heavy atom.